The van der Waals surface area contributed by atoms with Crippen LogP contribution in [0.3, 0.4) is 0 Å². The molecule has 1 unspecified atom stereocenters. The maximum absolute atomic E-state index is 5.45. The molecule has 2 nitrogen and oxygen atoms in total. The van der Waals surface area contributed by atoms with Crippen LogP contribution in [0.25, 0.3) is 0 Å². The van der Waals surface area contributed by atoms with Crippen molar-refractivity contribution in [3.63, 3.8) is 0 Å². The Hall–Kier alpha value is 0.200. The van der Waals surface area contributed by atoms with E-state index in [2.05, 4.69) is 23.6 Å². The maximum Gasteiger partial charge on any atom is 0.0727 e. The molecule has 0 radical (unpaired) electrons. The Morgan fingerprint density at radius 3 is 3.00 bits per heavy atom. The van der Waals surface area contributed by atoms with Crippen LogP contribution >= 0.6 is 24.0 Å². The fourth-order valence-corrected chi connectivity index (χ4v) is 2.93. The Bertz CT molecular complexity index is 185. The van der Waals surface area contributed by atoms with Crippen molar-refractivity contribution in [2.45, 2.75) is 32.2 Å². The largest absolute Gasteiger partial charge is 0.393 e. The molecular weight excluding hydrogens is 212 g/mol. The van der Waals surface area contributed by atoms with Gasteiger partial charge in [-0.1, -0.05) is 12.2 Å². The molecule has 0 aromatic carbocycles. The van der Waals surface area contributed by atoms with Gasteiger partial charge in [-0.15, -0.1) is 0 Å². The lowest BCUT2D eigenvalue weighted by Crippen LogP contribution is -2.40. The minimum atomic E-state index is 0.659. The number of thiocarbonyl (C=S) groups is 1. The number of thioether (sulfide) groups is 1. The first-order chi connectivity index (χ1) is 6.70. The Kier molecular flexibility index (Phi) is 5.82. The minimum Gasteiger partial charge on any atom is -0.393 e. The molecule has 0 saturated carbocycles. The van der Waals surface area contributed by atoms with Gasteiger partial charge in [0, 0.05) is 24.1 Å². The van der Waals surface area contributed by atoms with Crippen molar-refractivity contribution >= 4 is 29.0 Å². The van der Waals surface area contributed by atoms with E-state index < -0.39 is 0 Å². The number of hydrogen-bond acceptors (Lipinski definition) is 3. The van der Waals surface area contributed by atoms with E-state index in [1.807, 2.05) is 0 Å². The topological polar surface area (TPSA) is 29.3 Å². The van der Waals surface area contributed by atoms with Gasteiger partial charge in [-0.25, -0.2) is 0 Å². The highest BCUT2D eigenvalue weighted by atomic mass is 32.2. The Morgan fingerprint density at radius 1 is 1.57 bits per heavy atom. The van der Waals surface area contributed by atoms with E-state index >= 15 is 0 Å². The van der Waals surface area contributed by atoms with Crippen molar-refractivity contribution in [2.75, 3.05) is 24.6 Å². The van der Waals surface area contributed by atoms with Crippen LogP contribution in [0.15, 0.2) is 0 Å². The summed E-state index contributed by atoms with van der Waals surface area (Å²) in [6.45, 7) is 4.78. The molecule has 0 amide bonds. The summed E-state index contributed by atoms with van der Waals surface area (Å²) in [6, 6.07) is 0.749. The summed E-state index contributed by atoms with van der Waals surface area (Å²) in [7, 11) is 0. The molecule has 0 aliphatic carbocycles. The van der Waals surface area contributed by atoms with Gasteiger partial charge < -0.3 is 5.73 Å². The first-order valence-electron chi connectivity index (χ1n) is 5.30. The highest BCUT2D eigenvalue weighted by molar-refractivity contribution is 7.99. The number of nitrogens with two attached hydrogens (primary N) is 1. The van der Waals surface area contributed by atoms with Crippen molar-refractivity contribution in [2.24, 2.45) is 5.73 Å². The summed E-state index contributed by atoms with van der Waals surface area (Å²) in [5.41, 5.74) is 5.45. The van der Waals surface area contributed by atoms with Gasteiger partial charge in [0.1, 0.15) is 0 Å². The van der Waals surface area contributed by atoms with Gasteiger partial charge in [0.15, 0.2) is 0 Å². The molecule has 1 heterocycles. The van der Waals surface area contributed by atoms with Crippen molar-refractivity contribution in [1.82, 2.24) is 4.90 Å². The molecule has 0 bridgehead atoms. The zero-order chi connectivity index (χ0) is 10.4. The SMILES string of the molecule is CC1CSCCN1CCCCC(N)=S. The van der Waals surface area contributed by atoms with Crippen molar-refractivity contribution < 1.29 is 0 Å². The summed E-state index contributed by atoms with van der Waals surface area (Å²) in [5.74, 6) is 2.58. The van der Waals surface area contributed by atoms with Crippen LogP contribution in [0.1, 0.15) is 26.2 Å². The summed E-state index contributed by atoms with van der Waals surface area (Å²) in [4.78, 5) is 3.24. The lowest BCUT2D eigenvalue weighted by atomic mass is 10.2. The Morgan fingerprint density at radius 2 is 2.36 bits per heavy atom. The van der Waals surface area contributed by atoms with Gasteiger partial charge in [0.05, 0.1) is 4.99 Å². The van der Waals surface area contributed by atoms with E-state index in [1.165, 1.54) is 31.0 Å². The van der Waals surface area contributed by atoms with Crippen LogP contribution in [0.2, 0.25) is 0 Å². The van der Waals surface area contributed by atoms with Gasteiger partial charge >= 0.3 is 0 Å². The van der Waals surface area contributed by atoms with Crippen LogP contribution in [-0.4, -0.2) is 40.5 Å². The third kappa shape index (κ3) is 4.62. The summed E-state index contributed by atoms with van der Waals surface area (Å²) >= 11 is 6.92. The van der Waals surface area contributed by atoms with E-state index in [9.17, 15) is 0 Å². The summed E-state index contributed by atoms with van der Waals surface area (Å²) < 4.78 is 0. The molecule has 0 aromatic heterocycles. The fraction of sp³-hybridized carbons (Fsp3) is 0.900. The first kappa shape index (κ1) is 12.3. The second kappa shape index (κ2) is 6.64. The monoisotopic (exact) mass is 232 g/mol. The van der Waals surface area contributed by atoms with Crippen LogP contribution in [0, 0.1) is 0 Å². The van der Waals surface area contributed by atoms with Crippen LogP contribution < -0.4 is 5.73 Å². The predicted molar refractivity (Wildman–Crippen MR) is 69.0 cm³/mol. The molecule has 0 aromatic rings. The van der Waals surface area contributed by atoms with Crippen molar-refractivity contribution in [3.8, 4) is 0 Å². The third-order valence-corrected chi connectivity index (χ3v) is 4.02. The quantitative estimate of drug-likeness (QED) is 0.579. The lowest BCUT2D eigenvalue weighted by molar-refractivity contribution is 0.228. The van der Waals surface area contributed by atoms with Crippen molar-refractivity contribution in [1.29, 1.82) is 0 Å². The molecule has 1 atom stereocenters. The average Bonchev–Trinajstić information content (AvgIpc) is 2.15. The van der Waals surface area contributed by atoms with Crippen LogP contribution in [0.5, 0.6) is 0 Å². The molecule has 4 heteroatoms. The molecule has 1 fully saturated rings. The maximum atomic E-state index is 5.45. The predicted octanol–water partition coefficient (Wildman–Crippen LogP) is 1.88. The summed E-state index contributed by atoms with van der Waals surface area (Å²) in [5, 5.41) is 0. The molecule has 0 spiro atoms. The molecule has 2 N–H and O–H groups in total. The Balaban J connectivity index is 2.07. The molecule has 1 rings (SSSR count). The normalized spacial score (nSPS) is 23.6. The van der Waals surface area contributed by atoms with Gasteiger partial charge in [-0.2, -0.15) is 11.8 Å². The fourth-order valence-electron chi connectivity index (χ4n) is 1.71. The standard InChI is InChI=1S/C10H20N2S2/c1-9-8-14-7-6-12(9)5-3-2-4-10(11)13/h9H,2-8H2,1H3,(H2,11,13). The minimum absolute atomic E-state index is 0.659. The second-order valence-corrected chi connectivity index (χ2v) is 5.56. The molecule has 1 aliphatic heterocycles. The highest BCUT2D eigenvalue weighted by Gasteiger charge is 2.17. The highest BCUT2D eigenvalue weighted by Crippen LogP contribution is 2.16. The van der Waals surface area contributed by atoms with E-state index in [0.29, 0.717) is 4.99 Å². The number of nitrogens with zero attached hydrogens (tertiary/aromatic N) is 1. The lowest BCUT2D eigenvalue weighted by Gasteiger charge is -2.32. The van der Waals surface area contributed by atoms with Gasteiger partial charge in [0.25, 0.3) is 0 Å². The van der Waals surface area contributed by atoms with E-state index in [4.69, 9.17) is 18.0 Å². The molecule has 82 valence electrons. The van der Waals surface area contributed by atoms with Gasteiger partial charge in [0.2, 0.25) is 0 Å². The van der Waals surface area contributed by atoms with Crippen LogP contribution in [0.4, 0.5) is 0 Å². The van der Waals surface area contributed by atoms with E-state index in [1.54, 1.807) is 0 Å². The van der Waals surface area contributed by atoms with Crippen LogP contribution in [-0.2, 0) is 0 Å². The number of rotatable bonds is 5. The molecule has 14 heavy (non-hydrogen) atoms. The van der Waals surface area contributed by atoms with Gasteiger partial charge in [-0.3, -0.25) is 4.90 Å². The number of unbranched alkanes of at least 4 members (excludes halogenated alkanes) is 1. The first-order valence-corrected chi connectivity index (χ1v) is 6.86. The zero-order valence-electron chi connectivity index (χ0n) is 8.87. The number of hydrogen-bond donors (Lipinski definition) is 1. The second-order valence-electron chi connectivity index (χ2n) is 3.88. The summed E-state index contributed by atoms with van der Waals surface area (Å²) in [6.07, 6.45) is 3.28. The third-order valence-electron chi connectivity index (χ3n) is 2.62. The molecule has 1 aliphatic rings. The van der Waals surface area contributed by atoms with E-state index in [-0.39, 0.29) is 0 Å². The van der Waals surface area contributed by atoms with Crippen molar-refractivity contribution in [3.05, 3.63) is 0 Å². The zero-order valence-corrected chi connectivity index (χ0v) is 10.5. The molecule has 1 saturated heterocycles. The van der Waals surface area contributed by atoms with E-state index in [0.717, 1.165) is 18.9 Å². The average molecular weight is 232 g/mol. The van der Waals surface area contributed by atoms with Gasteiger partial charge in [-0.05, 0) is 32.7 Å². The molecular formula is C10H20N2S2. The Labute approximate surface area is 96.6 Å². The smallest absolute Gasteiger partial charge is 0.0727 e.